The van der Waals surface area contributed by atoms with Gasteiger partial charge in [0, 0.05) is 19.6 Å². The van der Waals surface area contributed by atoms with E-state index in [0.29, 0.717) is 0 Å². The molecule has 86 valence electrons. The Morgan fingerprint density at radius 1 is 1.47 bits per heavy atom. The SMILES string of the molecule is CCNC(=O)C(C)N1CC2CNCC2C1. The van der Waals surface area contributed by atoms with Gasteiger partial charge in [0.1, 0.15) is 0 Å². The van der Waals surface area contributed by atoms with Crippen molar-refractivity contribution in [3.05, 3.63) is 0 Å². The van der Waals surface area contributed by atoms with Gasteiger partial charge in [0.25, 0.3) is 0 Å². The molecule has 2 saturated heterocycles. The molecule has 2 rings (SSSR count). The molecule has 1 amide bonds. The lowest BCUT2D eigenvalue weighted by atomic mass is 10.0. The predicted octanol–water partition coefficient (Wildman–Crippen LogP) is -0.338. The Bertz CT molecular complexity index is 232. The van der Waals surface area contributed by atoms with Crippen LogP contribution in [0.5, 0.6) is 0 Å². The second-order valence-electron chi connectivity index (χ2n) is 4.70. The molecular weight excluding hydrogens is 190 g/mol. The van der Waals surface area contributed by atoms with Crippen molar-refractivity contribution >= 4 is 5.91 Å². The minimum absolute atomic E-state index is 0.0375. The summed E-state index contributed by atoms with van der Waals surface area (Å²) in [6, 6.07) is 0.0375. The van der Waals surface area contributed by atoms with Crippen molar-refractivity contribution in [2.45, 2.75) is 19.9 Å². The van der Waals surface area contributed by atoms with E-state index in [1.807, 2.05) is 13.8 Å². The van der Waals surface area contributed by atoms with E-state index in [0.717, 1.165) is 44.6 Å². The Labute approximate surface area is 91.4 Å². The number of carbonyl (C=O) groups is 1. The zero-order valence-electron chi connectivity index (χ0n) is 9.62. The molecule has 0 aromatic rings. The molecule has 0 aromatic carbocycles. The summed E-state index contributed by atoms with van der Waals surface area (Å²) in [5.74, 6) is 1.70. The van der Waals surface area contributed by atoms with Gasteiger partial charge in [0.05, 0.1) is 6.04 Å². The third kappa shape index (κ3) is 2.16. The van der Waals surface area contributed by atoms with E-state index < -0.39 is 0 Å². The molecule has 2 N–H and O–H groups in total. The van der Waals surface area contributed by atoms with Crippen LogP contribution in [0.1, 0.15) is 13.8 Å². The average molecular weight is 211 g/mol. The number of hydrogen-bond donors (Lipinski definition) is 2. The van der Waals surface area contributed by atoms with Gasteiger partial charge in [-0.2, -0.15) is 0 Å². The zero-order valence-corrected chi connectivity index (χ0v) is 9.62. The number of likely N-dealkylation sites (N-methyl/N-ethyl adjacent to an activating group) is 1. The summed E-state index contributed by atoms with van der Waals surface area (Å²) in [4.78, 5) is 14.0. The van der Waals surface area contributed by atoms with Gasteiger partial charge in [0.15, 0.2) is 0 Å². The van der Waals surface area contributed by atoms with Gasteiger partial charge >= 0.3 is 0 Å². The molecule has 0 saturated carbocycles. The van der Waals surface area contributed by atoms with E-state index in [1.54, 1.807) is 0 Å². The molecular formula is C11H21N3O. The van der Waals surface area contributed by atoms with Crippen molar-refractivity contribution in [2.24, 2.45) is 11.8 Å². The first-order chi connectivity index (χ1) is 7.22. The molecule has 0 aliphatic carbocycles. The van der Waals surface area contributed by atoms with Crippen molar-refractivity contribution in [3.8, 4) is 0 Å². The van der Waals surface area contributed by atoms with Crippen LogP contribution in [0.15, 0.2) is 0 Å². The normalized spacial score (nSPS) is 32.7. The summed E-state index contributed by atoms with van der Waals surface area (Å²) < 4.78 is 0. The summed E-state index contributed by atoms with van der Waals surface area (Å²) >= 11 is 0. The second-order valence-corrected chi connectivity index (χ2v) is 4.70. The molecule has 4 nitrogen and oxygen atoms in total. The molecule has 0 bridgehead atoms. The van der Waals surface area contributed by atoms with Crippen LogP contribution in [-0.4, -0.2) is 49.6 Å². The first-order valence-corrected chi connectivity index (χ1v) is 5.94. The molecule has 2 aliphatic heterocycles. The Hall–Kier alpha value is -0.610. The van der Waals surface area contributed by atoms with E-state index in [2.05, 4.69) is 15.5 Å². The van der Waals surface area contributed by atoms with Gasteiger partial charge in [-0.05, 0) is 38.8 Å². The lowest BCUT2D eigenvalue weighted by Gasteiger charge is -2.23. The maximum absolute atomic E-state index is 11.7. The Kier molecular flexibility index (Phi) is 3.26. The highest BCUT2D eigenvalue weighted by Crippen LogP contribution is 2.27. The zero-order chi connectivity index (χ0) is 10.8. The third-order valence-electron chi connectivity index (χ3n) is 3.70. The first-order valence-electron chi connectivity index (χ1n) is 5.94. The van der Waals surface area contributed by atoms with Crippen LogP contribution < -0.4 is 10.6 Å². The van der Waals surface area contributed by atoms with Crippen molar-refractivity contribution in [1.82, 2.24) is 15.5 Å². The van der Waals surface area contributed by atoms with Crippen LogP contribution >= 0.6 is 0 Å². The van der Waals surface area contributed by atoms with E-state index in [-0.39, 0.29) is 11.9 Å². The fourth-order valence-electron chi connectivity index (χ4n) is 2.70. The van der Waals surface area contributed by atoms with Crippen LogP contribution in [0.2, 0.25) is 0 Å². The monoisotopic (exact) mass is 211 g/mol. The van der Waals surface area contributed by atoms with E-state index in [4.69, 9.17) is 0 Å². The van der Waals surface area contributed by atoms with Gasteiger partial charge in [-0.1, -0.05) is 0 Å². The Balaban J connectivity index is 1.87. The topological polar surface area (TPSA) is 44.4 Å². The number of likely N-dealkylation sites (tertiary alicyclic amines) is 1. The molecule has 2 fully saturated rings. The number of nitrogens with zero attached hydrogens (tertiary/aromatic N) is 1. The van der Waals surface area contributed by atoms with E-state index >= 15 is 0 Å². The largest absolute Gasteiger partial charge is 0.355 e. The Morgan fingerprint density at radius 3 is 2.60 bits per heavy atom. The van der Waals surface area contributed by atoms with Crippen LogP contribution in [-0.2, 0) is 4.79 Å². The molecule has 2 aliphatic rings. The number of hydrogen-bond acceptors (Lipinski definition) is 3. The van der Waals surface area contributed by atoms with Gasteiger partial charge in [-0.25, -0.2) is 0 Å². The summed E-state index contributed by atoms with van der Waals surface area (Å²) in [7, 11) is 0. The van der Waals surface area contributed by atoms with Crippen molar-refractivity contribution < 1.29 is 4.79 Å². The van der Waals surface area contributed by atoms with Crippen molar-refractivity contribution in [2.75, 3.05) is 32.7 Å². The highest BCUT2D eigenvalue weighted by molar-refractivity contribution is 5.81. The fourth-order valence-corrected chi connectivity index (χ4v) is 2.70. The van der Waals surface area contributed by atoms with Gasteiger partial charge in [-0.3, -0.25) is 9.69 Å². The van der Waals surface area contributed by atoms with Crippen LogP contribution in [0.3, 0.4) is 0 Å². The molecule has 0 radical (unpaired) electrons. The second kappa shape index (κ2) is 4.49. The average Bonchev–Trinajstić information content (AvgIpc) is 2.75. The quantitative estimate of drug-likeness (QED) is 0.671. The summed E-state index contributed by atoms with van der Waals surface area (Å²) in [6.45, 7) is 9.12. The summed E-state index contributed by atoms with van der Waals surface area (Å²) in [5, 5.41) is 6.30. The van der Waals surface area contributed by atoms with Crippen molar-refractivity contribution in [1.29, 1.82) is 0 Å². The smallest absolute Gasteiger partial charge is 0.237 e. The van der Waals surface area contributed by atoms with Crippen LogP contribution in [0, 0.1) is 11.8 Å². The highest BCUT2D eigenvalue weighted by atomic mass is 16.2. The minimum Gasteiger partial charge on any atom is -0.355 e. The van der Waals surface area contributed by atoms with Gasteiger partial charge in [0.2, 0.25) is 5.91 Å². The number of amides is 1. The molecule has 3 unspecified atom stereocenters. The van der Waals surface area contributed by atoms with Crippen molar-refractivity contribution in [3.63, 3.8) is 0 Å². The number of nitrogens with one attached hydrogen (secondary N) is 2. The van der Waals surface area contributed by atoms with Gasteiger partial charge in [-0.15, -0.1) is 0 Å². The predicted molar refractivity (Wildman–Crippen MR) is 59.6 cm³/mol. The van der Waals surface area contributed by atoms with Crippen LogP contribution in [0.25, 0.3) is 0 Å². The molecule has 0 aromatic heterocycles. The number of rotatable bonds is 3. The number of carbonyl (C=O) groups excluding carboxylic acids is 1. The maximum atomic E-state index is 11.7. The molecule has 4 heteroatoms. The standard InChI is InChI=1S/C11H21N3O/c1-3-13-11(15)8(2)14-6-9-4-12-5-10(9)7-14/h8-10,12H,3-7H2,1-2H3,(H,13,15). The Morgan fingerprint density at radius 2 is 2.07 bits per heavy atom. The summed E-state index contributed by atoms with van der Waals surface area (Å²) in [6.07, 6.45) is 0. The minimum atomic E-state index is 0.0375. The van der Waals surface area contributed by atoms with Crippen LogP contribution in [0.4, 0.5) is 0 Å². The van der Waals surface area contributed by atoms with E-state index in [1.165, 1.54) is 0 Å². The third-order valence-corrected chi connectivity index (χ3v) is 3.70. The van der Waals surface area contributed by atoms with E-state index in [9.17, 15) is 4.79 Å². The molecule has 2 heterocycles. The fraction of sp³-hybridized carbons (Fsp3) is 0.909. The lowest BCUT2D eigenvalue weighted by Crippen LogP contribution is -2.44. The number of fused-ring (bicyclic) bond motifs is 1. The molecule has 0 spiro atoms. The van der Waals surface area contributed by atoms with Gasteiger partial charge < -0.3 is 10.6 Å². The lowest BCUT2D eigenvalue weighted by molar-refractivity contribution is -0.125. The highest BCUT2D eigenvalue weighted by Gasteiger charge is 2.38. The maximum Gasteiger partial charge on any atom is 0.237 e. The molecule has 15 heavy (non-hydrogen) atoms. The summed E-state index contributed by atoms with van der Waals surface area (Å²) in [5.41, 5.74) is 0. The first kappa shape index (κ1) is 10.9. The molecule has 3 atom stereocenters.